The van der Waals surface area contributed by atoms with Crippen molar-refractivity contribution >= 4 is 5.69 Å². The second-order valence-corrected chi connectivity index (χ2v) is 16.3. The third-order valence-corrected chi connectivity index (χ3v) is 13.7. The number of aliphatic hydroxyl groups excluding tert-OH is 3. The Morgan fingerprint density at radius 3 is 2.51 bits per heavy atom. The molecule has 0 unspecified atom stereocenters. The number of aryl methyl sites for hydroxylation is 1. The number of hydrogen-bond donors (Lipinski definition) is 6. The summed E-state index contributed by atoms with van der Waals surface area (Å²) < 4.78 is 30.7. The summed E-state index contributed by atoms with van der Waals surface area (Å²) in [6.45, 7) is 3.36. The molecule has 9 rings (SSSR count). The summed E-state index contributed by atoms with van der Waals surface area (Å²) >= 11 is 0. The van der Waals surface area contributed by atoms with Crippen molar-refractivity contribution in [3.8, 4) is 45.6 Å². The summed E-state index contributed by atoms with van der Waals surface area (Å²) in [5.74, 6) is 1.90. The summed E-state index contributed by atoms with van der Waals surface area (Å²) in [5, 5.41) is 52.8. The standard InChI is InChI=1S/C46H54N2O9/c1-4-47-24-57-36-20-34(53-2)29-14-15-30-39-33(48-45(52)42(36)41(29)39)19-35-40(30)43(50)31(23-56-35)26-17-37(54-3)44(51)38(18-26)55-22-28(21-49)46-16-8-7-10-27(46)13-12-25-9-5-6-11-32(25)46/h5-6,9,11,17-20,27-28,31,43,45,47-52H,4,7-8,10,12-16,21-24H2,1-3H3/t27-,28+,31+,43+,45+,46-/m1/s1. The summed E-state index contributed by atoms with van der Waals surface area (Å²) in [7, 11) is 3.15. The van der Waals surface area contributed by atoms with Gasteiger partial charge in [-0.1, -0.05) is 44.0 Å². The summed E-state index contributed by atoms with van der Waals surface area (Å²) in [4.78, 5) is 0. The van der Waals surface area contributed by atoms with Crippen LogP contribution in [0, 0.1) is 11.8 Å². The minimum Gasteiger partial charge on any atom is -0.502 e. The van der Waals surface area contributed by atoms with Gasteiger partial charge in [-0.05, 0) is 85.4 Å². The van der Waals surface area contributed by atoms with E-state index >= 15 is 0 Å². The highest BCUT2D eigenvalue weighted by molar-refractivity contribution is 5.93. The van der Waals surface area contributed by atoms with E-state index in [1.165, 1.54) is 24.7 Å². The van der Waals surface area contributed by atoms with Crippen LogP contribution in [0.2, 0.25) is 0 Å². The lowest BCUT2D eigenvalue weighted by Crippen LogP contribution is -2.50. The highest BCUT2D eigenvalue weighted by Crippen LogP contribution is 2.58. The smallest absolute Gasteiger partial charge is 0.200 e. The molecule has 4 aromatic rings. The minimum atomic E-state index is -1.02. The van der Waals surface area contributed by atoms with E-state index in [0.717, 1.165) is 66.6 Å². The van der Waals surface area contributed by atoms with Crippen LogP contribution in [-0.2, 0) is 24.7 Å². The van der Waals surface area contributed by atoms with Crippen molar-refractivity contribution in [1.82, 2.24) is 5.32 Å². The van der Waals surface area contributed by atoms with E-state index in [1.54, 1.807) is 19.2 Å². The molecule has 11 nitrogen and oxygen atoms in total. The molecule has 2 heterocycles. The molecule has 1 saturated carbocycles. The van der Waals surface area contributed by atoms with Gasteiger partial charge < -0.3 is 49.4 Å². The van der Waals surface area contributed by atoms with Gasteiger partial charge >= 0.3 is 0 Å². The van der Waals surface area contributed by atoms with Gasteiger partial charge in [0.15, 0.2) is 17.7 Å². The van der Waals surface area contributed by atoms with Crippen molar-refractivity contribution < 1.29 is 44.1 Å². The van der Waals surface area contributed by atoms with Crippen LogP contribution >= 0.6 is 0 Å². The number of anilines is 1. The quantitative estimate of drug-likeness (QED) is 0.0665. The first kappa shape index (κ1) is 37.9. The van der Waals surface area contributed by atoms with Gasteiger partial charge in [0.05, 0.1) is 45.7 Å². The molecule has 4 aromatic carbocycles. The summed E-state index contributed by atoms with van der Waals surface area (Å²) in [5.41, 5.74) is 8.95. The van der Waals surface area contributed by atoms with Crippen LogP contribution in [0.15, 0.2) is 48.5 Å². The number of fused-ring (bicyclic) bond motifs is 5. The van der Waals surface area contributed by atoms with Crippen LogP contribution in [0.4, 0.5) is 5.69 Å². The molecule has 6 atom stereocenters. The lowest BCUT2D eigenvalue weighted by atomic mass is 9.52. The zero-order valence-electron chi connectivity index (χ0n) is 33.0. The normalized spacial score (nSPS) is 24.4. The average molecular weight is 779 g/mol. The Hall–Kier alpha value is -4.68. The predicted molar refractivity (Wildman–Crippen MR) is 216 cm³/mol. The lowest BCUT2D eigenvalue weighted by Gasteiger charge is -2.52. The minimum absolute atomic E-state index is 0.0344. The lowest BCUT2D eigenvalue weighted by molar-refractivity contribution is 0.0234. The Morgan fingerprint density at radius 2 is 1.70 bits per heavy atom. The van der Waals surface area contributed by atoms with E-state index in [2.05, 4.69) is 34.9 Å². The zero-order valence-corrected chi connectivity index (χ0v) is 33.0. The van der Waals surface area contributed by atoms with Gasteiger partial charge in [-0.3, -0.25) is 5.32 Å². The Labute approximate surface area is 333 Å². The van der Waals surface area contributed by atoms with E-state index in [1.807, 2.05) is 19.1 Å². The van der Waals surface area contributed by atoms with Gasteiger partial charge in [0.25, 0.3) is 0 Å². The molecule has 5 aliphatic rings. The van der Waals surface area contributed by atoms with E-state index < -0.39 is 18.2 Å². The van der Waals surface area contributed by atoms with Gasteiger partial charge in [0.2, 0.25) is 5.75 Å². The number of aliphatic hydroxyl groups is 3. The summed E-state index contributed by atoms with van der Waals surface area (Å²) in [6, 6.07) is 15.9. The van der Waals surface area contributed by atoms with Crippen LogP contribution < -0.4 is 34.3 Å². The van der Waals surface area contributed by atoms with E-state index in [9.17, 15) is 20.4 Å². The topological polar surface area (TPSA) is 151 Å². The fourth-order valence-electron chi connectivity index (χ4n) is 11.0. The van der Waals surface area contributed by atoms with Crippen LogP contribution in [0.5, 0.6) is 34.5 Å². The van der Waals surface area contributed by atoms with E-state index in [4.69, 9.17) is 23.7 Å². The van der Waals surface area contributed by atoms with Gasteiger partial charge in [-0.2, -0.15) is 0 Å². The van der Waals surface area contributed by atoms with Crippen molar-refractivity contribution in [3.05, 3.63) is 87.5 Å². The molecule has 0 amide bonds. The Kier molecular flexibility index (Phi) is 10.1. The molecule has 6 N–H and O–H groups in total. The number of methoxy groups -OCH3 is 2. The number of benzene rings is 4. The first-order valence-corrected chi connectivity index (χ1v) is 20.6. The number of phenolic OH excluding ortho intramolecular Hbond substituents is 1. The first-order valence-electron chi connectivity index (χ1n) is 20.6. The van der Waals surface area contributed by atoms with Crippen molar-refractivity contribution in [2.24, 2.45) is 11.8 Å². The Morgan fingerprint density at radius 1 is 0.895 bits per heavy atom. The molecule has 302 valence electrons. The Balaban J connectivity index is 1.06. The molecule has 3 aliphatic carbocycles. The SMILES string of the molecule is CCNCOc1cc(OC)c2c3c1[C@H](O)Nc1cc4c(c(c1-3)CC2)[C@@H](O)[C@H](c1cc(OC)c(O)c(OC[C@H](CO)[C@@]23CCCC[C@@H]2CCc2ccccc23)c1)CO4. The fourth-order valence-corrected chi connectivity index (χ4v) is 11.0. The van der Waals surface area contributed by atoms with Gasteiger partial charge in [0, 0.05) is 57.3 Å². The number of phenols is 1. The van der Waals surface area contributed by atoms with Gasteiger partial charge in [0.1, 0.15) is 24.0 Å². The molecule has 0 aromatic heterocycles. The van der Waals surface area contributed by atoms with Crippen molar-refractivity contribution in [2.75, 3.05) is 52.6 Å². The third kappa shape index (κ3) is 6.08. The molecule has 11 heteroatoms. The molecule has 2 aliphatic heterocycles. The number of nitrogens with one attached hydrogen (secondary N) is 2. The molecule has 1 fully saturated rings. The molecule has 0 saturated heterocycles. The molecule has 57 heavy (non-hydrogen) atoms. The van der Waals surface area contributed by atoms with Crippen molar-refractivity contribution in [2.45, 2.75) is 82.0 Å². The van der Waals surface area contributed by atoms with Crippen LogP contribution in [0.25, 0.3) is 11.1 Å². The van der Waals surface area contributed by atoms with E-state index in [-0.39, 0.29) is 55.1 Å². The maximum absolute atomic E-state index is 12.4. The highest BCUT2D eigenvalue weighted by Gasteiger charge is 2.50. The molecule has 0 spiro atoms. The second-order valence-electron chi connectivity index (χ2n) is 16.3. The zero-order chi connectivity index (χ0) is 39.4. The van der Waals surface area contributed by atoms with Crippen LogP contribution in [0.3, 0.4) is 0 Å². The largest absolute Gasteiger partial charge is 0.502 e. The van der Waals surface area contributed by atoms with Gasteiger partial charge in [-0.15, -0.1) is 0 Å². The molecular formula is C46H54N2O9. The summed E-state index contributed by atoms with van der Waals surface area (Å²) in [6.07, 6.45) is 5.84. The first-order chi connectivity index (χ1) is 27.8. The molecule has 0 bridgehead atoms. The van der Waals surface area contributed by atoms with Crippen molar-refractivity contribution in [1.29, 1.82) is 0 Å². The number of ether oxygens (including phenoxy) is 5. The molecular weight excluding hydrogens is 725 g/mol. The monoisotopic (exact) mass is 778 g/mol. The fraction of sp³-hybridized carbons (Fsp3) is 0.478. The number of rotatable bonds is 12. The third-order valence-electron chi connectivity index (χ3n) is 13.7. The van der Waals surface area contributed by atoms with Crippen LogP contribution in [-0.4, -0.2) is 67.7 Å². The van der Waals surface area contributed by atoms with Crippen LogP contribution in [0.1, 0.15) is 96.2 Å². The van der Waals surface area contributed by atoms with Gasteiger partial charge in [-0.25, -0.2) is 0 Å². The maximum Gasteiger partial charge on any atom is 0.200 e. The highest BCUT2D eigenvalue weighted by atomic mass is 16.5. The van der Waals surface area contributed by atoms with E-state index in [0.29, 0.717) is 52.7 Å². The number of hydrogen-bond acceptors (Lipinski definition) is 11. The molecule has 0 radical (unpaired) electrons. The number of aromatic hydroxyl groups is 1. The predicted octanol–water partition coefficient (Wildman–Crippen LogP) is 6.81. The maximum atomic E-state index is 12.4. The van der Waals surface area contributed by atoms with Crippen molar-refractivity contribution in [3.63, 3.8) is 0 Å². The Bertz CT molecular complexity index is 2170. The second kappa shape index (κ2) is 15.2. The average Bonchev–Trinajstić information content (AvgIpc) is 3.23.